The molecule has 0 N–H and O–H groups in total. The highest BCUT2D eigenvalue weighted by Gasteiger charge is 2.02. The average molecular weight is 161 g/mol. The minimum Gasteiger partial charge on any atom is -0.454 e. The average Bonchev–Trinajstić information content (AvgIpc) is 2.01. The van der Waals surface area contributed by atoms with Gasteiger partial charge in [-0.25, -0.2) is 4.79 Å². The number of aliphatic imine (C=N–C) groups is 1. The molecule has 0 unspecified atom stereocenters. The lowest BCUT2D eigenvalue weighted by molar-refractivity contribution is 0.159. The molecule has 0 aromatic rings. The van der Waals surface area contributed by atoms with Crippen molar-refractivity contribution in [2.24, 2.45) is 4.99 Å². The van der Waals surface area contributed by atoms with Gasteiger partial charge in [0.1, 0.15) is 0 Å². The van der Waals surface area contributed by atoms with Crippen molar-refractivity contribution < 1.29 is 19.0 Å². The molecule has 5 heteroatoms. The summed E-state index contributed by atoms with van der Waals surface area (Å²) in [5, 5.41) is 0. The monoisotopic (exact) mass is 161 g/mol. The zero-order chi connectivity index (χ0) is 8.69. The standard InChI is InChI=1S/C6H11NO4/c1-4-11-5(8)7-6(9-2)10-3/h4H2,1-3H3. The van der Waals surface area contributed by atoms with Crippen LogP contribution in [0.3, 0.4) is 0 Å². The summed E-state index contributed by atoms with van der Waals surface area (Å²) in [6, 6.07) is 0. The van der Waals surface area contributed by atoms with E-state index in [1.54, 1.807) is 6.92 Å². The Bertz CT molecular complexity index is 149. The summed E-state index contributed by atoms with van der Waals surface area (Å²) < 4.78 is 13.6. The number of ether oxygens (including phenoxy) is 3. The number of amides is 1. The van der Waals surface area contributed by atoms with E-state index < -0.39 is 6.09 Å². The van der Waals surface area contributed by atoms with Crippen LogP contribution in [0.5, 0.6) is 0 Å². The second-order valence-electron chi connectivity index (χ2n) is 1.48. The molecule has 0 aromatic carbocycles. The Morgan fingerprint density at radius 3 is 2.27 bits per heavy atom. The number of carbonyl (C=O) groups is 1. The van der Waals surface area contributed by atoms with Crippen LogP contribution in [0, 0.1) is 0 Å². The lowest BCUT2D eigenvalue weighted by Gasteiger charge is -2.00. The molecule has 1 amide bonds. The van der Waals surface area contributed by atoms with Crippen molar-refractivity contribution in [2.75, 3.05) is 20.8 Å². The van der Waals surface area contributed by atoms with E-state index in [-0.39, 0.29) is 12.7 Å². The summed E-state index contributed by atoms with van der Waals surface area (Å²) in [6.45, 7) is 1.97. The molecule has 0 radical (unpaired) electrons. The predicted molar refractivity (Wildman–Crippen MR) is 38.5 cm³/mol. The van der Waals surface area contributed by atoms with Crippen molar-refractivity contribution in [3.8, 4) is 0 Å². The van der Waals surface area contributed by atoms with Crippen molar-refractivity contribution in [1.29, 1.82) is 0 Å². The predicted octanol–water partition coefficient (Wildman–Crippen LogP) is 0.792. The van der Waals surface area contributed by atoms with Gasteiger partial charge in [-0.3, -0.25) is 0 Å². The van der Waals surface area contributed by atoms with Crippen molar-refractivity contribution in [2.45, 2.75) is 6.92 Å². The molecule has 0 atom stereocenters. The topological polar surface area (TPSA) is 57.1 Å². The van der Waals surface area contributed by atoms with E-state index in [2.05, 4.69) is 19.2 Å². The Morgan fingerprint density at radius 2 is 1.91 bits per heavy atom. The highest BCUT2D eigenvalue weighted by molar-refractivity contribution is 5.83. The Balaban J connectivity index is 3.93. The first kappa shape index (κ1) is 9.74. The van der Waals surface area contributed by atoms with Crippen LogP contribution in [-0.4, -0.2) is 33.0 Å². The zero-order valence-electron chi connectivity index (χ0n) is 6.79. The Morgan fingerprint density at radius 1 is 1.36 bits per heavy atom. The maximum absolute atomic E-state index is 10.6. The van der Waals surface area contributed by atoms with Crippen LogP contribution in [0.2, 0.25) is 0 Å². The fraction of sp³-hybridized carbons (Fsp3) is 0.667. The third-order valence-corrected chi connectivity index (χ3v) is 0.800. The second kappa shape index (κ2) is 5.52. The zero-order valence-corrected chi connectivity index (χ0v) is 6.79. The van der Waals surface area contributed by atoms with Gasteiger partial charge >= 0.3 is 12.2 Å². The van der Waals surface area contributed by atoms with Crippen molar-refractivity contribution >= 4 is 12.2 Å². The maximum Gasteiger partial charge on any atom is 0.439 e. The summed E-state index contributed by atoms with van der Waals surface area (Å²) >= 11 is 0. The molecule has 64 valence electrons. The molecular weight excluding hydrogens is 150 g/mol. The Kier molecular flexibility index (Phi) is 4.89. The van der Waals surface area contributed by atoms with Gasteiger partial charge in [-0.1, -0.05) is 0 Å². The van der Waals surface area contributed by atoms with E-state index >= 15 is 0 Å². The highest BCUT2D eigenvalue weighted by Crippen LogP contribution is 1.87. The normalized spacial score (nSPS) is 8.27. The van der Waals surface area contributed by atoms with Gasteiger partial charge in [0.25, 0.3) is 0 Å². The lowest BCUT2D eigenvalue weighted by atomic mass is 10.9. The van der Waals surface area contributed by atoms with Gasteiger partial charge in [-0.2, -0.15) is 0 Å². The number of carbonyl (C=O) groups excluding carboxylic acids is 1. The van der Waals surface area contributed by atoms with Gasteiger partial charge in [0, 0.05) is 0 Å². The molecule has 11 heavy (non-hydrogen) atoms. The molecule has 0 spiro atoms. The van der Waals surface area contributed by atoms with Crippen LogP contribution in [0.25, 0.3) is 0 Å². The van der Waals surface area contributed by atoms with Gasteiger partial charge in [0.2, 0.25) is 0 Å². The van der Waals surface area contributed by atoms with E-state index in [0.717, 1.165) is 0 Å². The Hall–Kier alpha value is -1.26. The first-order valence-electron chi connectivity index (χ1n) is 3.08. The van der Waals surface area contributed by atoms with Crippen LogP contribution in [-0.2, 0) is 14.2 Å². The number of methoxy groups -OCH3 is 2. The van der Waals surface area contributed by atoms with Crippen LogP contribution < -0.4 is 0 Å². The van der Waals surface area contributed by atoms with Gasteiger partial charge in [-0.15, -0.1) is 4.99 Å². The van der Waals surface area contributed by atoms with E-state index in [9.17, 15) is 4.79 Å². The molecule has 0 aliphatic heterocycles. The smallest absolute Gasteiger partial charge is 0.439 e. The van der Waals surface area contributed by atoms with E-state index in [1.165, 1.54) is 14.2 Å². The third kappa shape index (κ3) is 4.19. The summed E-state index contributed by atoms with van der Waals surface area (Å²) in [5.74, 6) is 0. The number of nitrogens with zero attached hydrogens (tertiary/aromatic N) is 1. The quantitative estimate of drug-likeness (QED) is 0.421. The second-order valence-corrected chi connectivity index (χ2v) is 1.48. The van der Waals surface area contributed by atoms with Gasteiger partial charge in [0.15, 0.2) is 0 Å². The summed E-state index contributed by atoms with van der Waals surface area (Å²) in [7, 11) is 2.70. The lowest BCUT2D eigenvalue weighted by Crippen LogP contribution is -2.08. The molecule has 0 saturated heterocycles. The largest absolute Gasteiger partial charge is 0.454 e. The molecule has 0 saturated carbocycles. The van der Waals surface area contributed by atoms with Crippen molar-refractivity contribution in [3.63, 3.8) is 0 Å². The van der Waals surface area contributed by atoms with Gasteiger partial charge in [-0.05, 0) is 6.92 Å². The number of rotatable bonds is 1. The molecule has 0 heterocycles. The third-order valence-electron chi connectivity index (χ3n) is 0.800. The molecule has 0 rings (SSSR count). The summed E-state index contributed by atoms with van der Waals surface area (Å²) in [6.07, 6.45) is -0.824. The molecule has 5 nitrogen and oxygen atoms in total. The minimum absolute atomic E-state index is 0.108. The summed E-state index contributed by atoms with van der Waals surface area (Å²) in [5.41, 5.74) is 0. The fourth-order valence-corrected chi connectivity index (χ4v) is 0.405. The molecule has 0 bridgehead atoms. The van der Waals surface area contributed by atoms with Crippen LogP contribution in [0.1, 0.15) is 6.92 Å². The van der Waals surface area contributed by atoms with Gasteiger partial charge < -0.3 is 14.2 Å². The fourth-order valence-electron chi connectivity index (χ4n) is 0.405. The number of hydrogen-bond acceptors (Lipinski definition) is 4. The van der Waals surface area contributed by atoms with E-state index in [0.29, 0.717) is 0 Å². The molecule has 0 fully saturated rings. The number of hydrogen-bond donors (Lipinski definition) is 0. The molecule has 0 aliphatic rings. The highest BCUT2D eigenvalue weighted by atomic mass is 16.7. The van der Waals surface area contributed by atoms with E-state index in [4.69, 9.17) is 0 Å². The van der Waals surface area contributed by atoms with E-state index in [1.807, 2.05) is 0 Å². The SMILES string of the molecule is CCOC(=O)N=C(OC)OC. The first-order chi connectivity index (χ1) is 5.24. The molecule has 0 aliphatic carbocycles. The first-order valence-corrected chi connectivity index (χ1v) is 3.08. The Labute approximate surface area is 65.0 Å². The van der Waals surface area contributed by atoms with Crippen LogP contribution >= 0.6 is 0 Å². The van der Waals surface area contributed by atoms with Crippen molar-refractivity contribution in [1.82, 2.24) is 0 Å². The molecule has 0 aromatic heterocycles. The van der Waals surface area contributed by atoms with Crippen LogP contribution in [0.4, 0.5) is 4.79 Å². The minimum atomic E-state index is -0.716. The van der Waals surface area contributed by atoms with Crippen molar-refractivity contribution in [3.05, 3.63) is 0 Å². The summed E-state index contributed by atoms with van der Waals surface area (Å²) in [4.78, 5) is 13.9. The van der Waals surface area contributed by atoms with Gasteiger partial charge in [0.05, 0.1) is 20.8 Å². The maximum atomic E-state index is 10.6. The van der Waals surface area contributed by atoms with Crippen LogP contribution in [0.15, 0.2) is 4.99 Å². The molecular formula is C6H11NO4.